The number of carboxylic acids is 1. The van der Waals surface area contributed by atoms with Gasteiger partial charge in [0.05, 0.1) is 6.26 Å². The fourth-order valence-corrected chi connectivity index (χ4v) is 2.24. The minimum Gasteiger partial charge on any atom is -0.477 e. The summed E-state index contributed by atoms with van der Waals surface area (Å²) in [5, 5.41) is 11.5. The van der Waals surface area contributed by atoms with Crippen molar-refractivity contribution in [2.45, 2.75) is 6.54 Å². The summed E-state index contributed by atoms with van der Waals surface area (Å²) in [6, 6.07) is 9.17. The predicted molar refractivity (Wildman–Crippen MR) is 87.3 cm³/mol. The number of benzene rings is 1. The summed E-state index contributed by atoms with van der Waals surface area (Å²) in [5.41, 5.74) is 1.18. The van der Waals surface area contributed by atoms with Gasteiger partial charge >= 0.3 is 5.97 Å². The number of anilines is 1. The lowest BCUT2D eigenvalue weighted by atomic mass is 10.2. The summed E-state index contributed by atoms with van der Waals surface area (Å²) in [6.07, 6.45) is 2.32. The number of carbonyl (C=O) groups excluding carboxylic acids is 1. The number of aromatic nitrogens is 1. The first-order valence-electron chi connectivity index (χ1n) is 6.79. The standard InChI is InChI=1S/C15H15N3O5S/c1-24(22,23)17-9-10-2-4-12(5-3-10)18-14(19)11-6-7-16-13(8-11)15(20)21/h2-8,17H,9H2,1H3,(H,18,19)(H,20,21). The van der Waals surface area contributed by atoms with Crippen LogP contribution >= 0.6 is 0 Å². The zero-order valence-corrected chi connectivity index (χ0v) is 13.5. The van der Waals surface area contributed by atoms with Crippen LogP contribution in [0, 0.1) is 0 Å². The molecule has 1 aromatic carbocycles. The lowest BCUT2D eigenvalue weighted by Gasteiger charge is -2.07. The van der Waals surface area contributed by atoms with Crippen molar-refractivity contribution < 1.29 is 23.1 Å². The smallest absolute Gasteiger partial charge is 0.354 e. The Kier molecular flexibility index (Phi) is 5.27. The van der Waals surface area contributed by atoms with Gasteiger partial charge in [-0.3, -0.25) is 4.79 Å². The molecular weight excluding hydrogens is 334 g/mol. The molecule has 24 heavy (non-hydrogen) atoms. The molecular formula is C15H15N3O5S. The number of hydrogen-bond donors (Lipinski definition) is 3. The number of nitrogens with one attached hydrogen (secondary N) is 2. The molecule has 2 aromatic rings. The van der Waals surface area contributed by atoms with Crippen molar-refractivity contribution in [1.82, 2.24) is 9.71 Å². The molecule has 0 aliphatic heterocycles. The number of amides is 1. The number of carboxylic acid groups (broad SMARTS) is 1. The number of nitrogens with zero attached hydrogens (tertiary/aromatic N) is 1. The van der Waals surface area contributed by atoms with Crippen molar-refractivity contribution in [3.8, 4) is 0 Å². The predicted octanol–water partition coefficient (Wildman–Crippen LogP) is 1.08. The summed E-state index contributed by atoms with van der Waals surface area (Å²) < 4.78 is 24.4. The van der Waals surface area contributed by atoms with Gasteiger partial charge in [-0.2, -0.15) is 0 Å². The molecule has 8 nitrogen and oxygen atoms in total. The van der Waals surface area contributed by atoms with E-state index in [1.807, 2.05) is 0 Å². The van der Waals surface area contributed by atoms with E-state index >= 15 is 0 Å². The monoisotopic (exact) mass is 349 g/mol. The third-order valence-electron chi connectivity index (χ3n) is 2.99. The SMILES string of the molecule is CS(=O)(=O)NCc1ccc(NC(=O)c2ccnc(C(=O)O)c2)cc1. The van der Waals surface area contributed by atoms with E-state index < -0.39 is 21.9 Å². The van der Waals surface area contributed by atoms with Gasteiger partial charge in [0.25, 0.3) is 5.91 Å². The molecule has 0 spiro atoms. The molecule has 1 aromatic heterocycles. The summed E-state index contributed by atoms with van der Waals surface area (Å²) in [7, 11) is -3.27. The van der Waals surface area contributed by atoms with Gasteiger partial charge in [0.1, 0.15) is 5.69 Å². The van der Waals surface area contributed by atoms with Gasteiger partial charge in [0.2, 0.25) is 10.0 Å². The Morgan fingerprint density at radius 2 is 1.83 bits per heavy atom. The molecule has 0 saturated carbocycles. The molecule has 0 unspecified atom stereocenters. The molecule has 0 aliphatic carbocycles. The number of carbonyl (C=O) groups is 2. The number of rotatable bonds is 6. The van der Waals surface area contributed by atoms with E-state index in [0.29, 0.717) is 5.69 Å². The maximum Gasteiger partial charge on any atom is 0.354 e. The van der Waals surface area contributed by atoms with Gasteiger partial charge in [0.15, 0.2) is 0 Å². The minimum atomic E-state index is -3.27. The second-order valence-electron chi connectivity index (χ2n) is 4.98. The van der Waals surface area contributed by atoms with Crippen LogP contribution in [-0.4, -0.2) is 36.6 Å². The molecule has 0 radical (unpaired) electrons. The molecule has 9 heteroatoms. The topological polar surface area (TPSA) is 125 Å². The Hall–Kier alpha value is -2.78. The molecule has 0 bridgehead atoms. The van der Waals surface area contributed by atoms with Gasteiger partial charge < -0.3 is 10.4 Å². The van der Waals surface area contributed by atoms with Crippen molar-refractivity contribution in [2.24, 2.45) is 0 Å². The first-order valence-corrected chi connectivity index (χ1v) is 8.68. The van der Waals surface area contributed by atoms with Gasteiger partial charge in [-0.1, -0.05) is 12.1 Å². The van der Waals surface area contributed by atoms with Crippen LogP contribution in [0.4, 0.5) is 5.69 Å². The highest BCUT2D eigenvalue weighted by atomic mass is 32.2. The third kappa shape index (κ3) is 5.14. The van der Waals surface area contributed by atoms with Gasteiger partial charge in [0, 0.05) is 24.0 Å². The highest BCUT2D eigenvalue weighted by Crippen LogP contribution is 2.12. The van der Waals surface area contributed by atoms with Gasteiger partial charge in [-0.05, 0) is 29.8 Å². The number of aromatic carboxylic acids is 1. The lowest BCUT2D eigenvalue weighted by molar-refractivity contribution is 0.0690. The Bertz CT molecular complexity index is 863. The van der Waals surface area contributed by atoms with E-state index in [-0.39, 0.29) is 17.8 Å². The maximum atomic E-state index is 12.1. The Morgan fingerprint density at radius 1 is 1.17 bits per heavy atom. The fourth-order valence-electron chi connectivity index (χ4n) is 1.81. The van der Waals surface area contributed by atoms with E-state index in [4.69, 9.17) is 5.11 Å². The van der Waals surface area contributed by atoms with Crippen molar-refractivity contribution in [1.29, 1.82) is 0 Å². The van der Waals surface area contributed by atoms with Crippen LogP contribution in [0.25, 0.3) is 0 Å². The molecule has 0 saturated heterocycles. The van der Waals surface area contributed by atoms with Crippen LogP contribution in [0.2, 0.25) is 0 Å². The minimum absolute atomic E-state index is 0.152. The van der Waals surface area contributed by atoms with Crippen molar-refractivity contribution in [2.75, 3.05) is 11.6 Å². The largest absolute Gasteiger partial charge is 0.477 e. The quantitative estimate of drug-likeness (QED) is 0.716. The molecule has 0 aliphatic rings. The lowest BCUT2D eigenvalue weighted by Crippen LogP contribution is -2.21. The second-order valence-corrected chi connectivity index (χ2v) is 6.81. The third-order valence-corrected chi connectivity index (χ3v) is 3.66. The Morgan fingerprint density at radius 3 is 2.42 bits per heavy atom. The number of sulfonamides is 1. The zero-order valence-electron chi connectivity index (χ0n) is 12.7. The summed E-state index contributed by atoms with van der Waals surface area (Å²) in [6.45, 7) is 0.152. The second kappa shape index (κ2) is 7.20. The number of hydrogen-bond acceptors (Lipinski definition) is 5. The van der Waals surface area contributed by atoms with E-state index in [1.54, 1.807) is 24.3 Å². The first kappa shape index (κ1) is 17.6. The summed E-state index contributed by atoms with van der Waals surface area (Å²) in [4.78, 5) is 26.6. The van der Waals surface area contributed by atoms with E-state index in [0.717, 1.165) is 11.8 Å². The Labute approximate surface area is 138 Å². The highest BCUT2D eigenvalue weighted by molar-refractivity contribution is 7.88. The van der Waals surface area contributed by atoms with Gasteiger partial charge in [-0.15, -0.1) is 0 Å². The molecule has 0 fully saturated rings. The maximum absolute atomic E-state index is 12.1. The van der Waals surface area contributed by atoms with Crippen LogP contribution in [0.15, 0.2) is 42.6 Å². The van der Waals surface area contributed by atoms with Crippen LogP contribution in [0.1, 0.15) is 26.4 Å². The van der Waals surface area contributed by atoms with E-state index in [2.05, 4.69) is 15.0 Å². The molecule has 126 valence electrons. The van der Waals surface area contributed by atoms with Crippen molar-refractivity contribution in [3.05, 3.63) is 59.4 Å². The summed E-state index contributed by atoms with van der Waals surface area (Å²) in [5.74, 6) is -1.69. The average Bonchev–Trinajstić information content (AvgIpc) is 2.53. The van der Waals surface area contributed by atoms with E-state index in [1.165, 1.54) is 18.3 Å². The molecule has 3 N–H and O–H groups in total. The zero-order chi connectivity index (χ0) is 17.7. The van der Waals surface area contributed by atoms with Crippen LogP contribution in [-0.2, 0) is 16.6 Å². The number of pyridine rings is 1. The molecule has 2 rings (SSSR count). The van der Waals surface area contributed by atoms with Crippen LogP contribution in [0.3, 0.4) is 0 Å². The Balaban J connectivity index is 2.04. The van der Waals surface area contributed by atoms with Crippen LogP contribution < -0.4 is 10.0 Å². The van der Waals surface area contributed by atoms with Crippen molar-refractivity contribution >= 4 is 27.6 Å². The summed E-state index contributed by atoms with van der Waals surface area (Å²) >= 11 is 0. The fraction of sp³-hybridized carbons (Fsp3) is 0.133. The van der Waals surface area contributed by atoms with E-state index in [9.17, 15) is 18.0 Å². The molecule has 1 heterocycles. The van der Waals surface area contributed by atoms with Crippen LogP contribution in [0.5, 0.6) is 0 Å². The molecule has 0 atom stereocenters. The first-order chi connectivity index (χ1) is 11.2. The van der Waals surface area contributed by atoms with Crippen molar-refractivity contribution in [3.63, 3.8) is 0 Å². The highest BCUT2D eigenvalue weighted by Gasteiger charge is 2.11. The van der Waals surface area contributed by atoms with Gasteiger partial charge in [-0.25, -0.2) is 22.9 Å². The normalized spacial score (nSPS) is 11.0. The molecule has 1 amide bonds. The average molecular weight is 349 g/mol.